The number of hydrogen-bond donors (Lipinski definition) is 2. The lowest BCUT2D eigenvalue weighted by Gasteiger charge is -2.09. The van der Waals surface area contributed by atoms with Crippen LogP contribution in [0.15, 0.2) is 53.6 Å². The molecule has 8 nitrogen and oxygen atoms in total. The molecular formula is C20H21N7O. The minimum Gasteiger partial charge on any atom is -0.312 e. The molecule has 3 aromatic heterocycles. The standard InChI is InChI=1S/C20H21N7O/c1-2-3-6-16-12-22-20(28)27(16)13-15-10-9-14(11-21-15)17-7-4-5-8-18(17)19-23-25-26-24-19/h4-5,7-12H,2-3,6,13H2,1H3,(H,22,28)(H,23,24,25,26). The third-order valence-corrected chi connectivity index (χ3v) is 4.71. The third-order valence-electron chi connectivity index (χ3n) is 4.71. The molecule has 0 saturated carbocycles. The summed E-state index contributed by atoms with van der Waals surface area (Å²) in [4.78, 5) is 19.5. The van der Waals surface area contributed by atoms with E-state index in [1.807, 2.05) is 42.6 Å². The molecule has 28 heavy (non-hydrogen) atoms. The van der Waals surface area contributed by atoms with Crippen molar-refractivity contribution in [3.05, 3.63) is 70.7 Å². The zero-order chi connectivity index (χ0) is 19.3. The molecule has 0 aliphatic carbocycles. The van der Waals surface area contributed by atoms with E-state index in [4.69, 9.17) is 0 Å². The first-order valence-electron chi connectivity index (χ1n) is 9.31. The molecule has 0 aliphatic rings. The number of aryl methyl sites for hydroxylation is 1. The summed E-state index contributed by atoms with van der Waals surface area (Å²) in [6, 6.07) is 11.8. The highest BCUT2D eigenvalue weighted by molar-refractivity contribution is 5.79. The summed E-state index contributed by atoms with van der Waals surface area (Å²) in [7, 11) is 0. The molecule has 142 valence electrons. The number of pyridine rings is 1. The maximum absolute atomic E-state index is 12.1. The third kappa shape index (κ3) is 3.62. The van der Waals surface area contributed by atoms with E-state index in [-0.39, 0.29) is 5.69 Å². The Labute approximate surface area is 161 Å². The van der Waals surface area contributed by atoms with Gasteiger partial charge in [0.15, 0.2) is 0 Å². The van der Waals surface area contributed by atoms with E-state index < -0.39 is 0 Å². The first-order valence-corrected chi connectivity index (χ1v) is 9.31. The summed E-state index contributed by atoms with van der Waals surface area (Å²) >= 11 is 0. The average molecular weight is 375 g/mol. The van der Waals surface area contributed by atoms with Crippen molar-refractivity contribution in [2.24, 2.45) is 0 Å². The minimum absolute atomic E-state index is 0.0977. The van der Waals surface area contributed by atoms with Gasteiger partial charge in [-0.1, -0.05) is 43.7 Å². The second-order valence-corrected chi connectivity index (χ2v) is 6.59. The molecule has 2 N–H and O–H groups in total. The van der Waals surface area contributed by atoms with Gasteiger partial charge in [-0.2, -0.15) is 5.21 Å². The van der Waals surface area contributed by atoms with Crippen molar-refractivity contribution in [2.75, 3.05) is 0 Å². The van der Waals surface area contributed by atoms with Gasteiger partial charge < -0.3 is 4.98 Å². The van der Waals surface area contributed by atoms with Crippen LogP contribution < -0.4 is 5.69 Å². The molecule has 0 atom stereocenters. The van der Waals surface area contributed by atoms with Crippen LogP contribution in [0.3, 0.4) is 0 Å². The Morgan fingerprint density at radius 3 is 2.68 bits per heavy atom. The summed E-state index contributed by atoms with van der Waals surface area (Å²) in [5.74, 6) is 0.541. The number of nitrogens with one attached hydrogen (secondary N) is 2. The Bertz CT molecular complexity index is 1090. The van der Waals surface area contributed by atoms with Crippen molar-refractivity contribution < 1.29 is 0 Å². The monoisotopic (exact) mass is 375 g/mol. The predicted molar refractivity (Wildman–Crippen MR) is 106 cm³/mol. The van der Waals surface area contributed by atoms with E-state index in [9.17, 15) is 4.79 Å². The maximum atomic E-state index is 12.1. The van der Waals surface area contributed by atoms with Crippen molar-refractivity contribution in [3.8, 4) is 22.5 Å². The molecule has 0 radical (unpaired) electrons. The average Bonchev–Trinajstić information content (AvgIpc) is 3.38. The number of benzene rings is 1. The number of H-pyrrole nitrogens is 2. The molecule has 4 aromatic rings. The van der Waals surface area contributed by atoms with Crippen molar-refractivity contribution in [2.45, 2.75) is 32.7 Å². The Balaban J connectivity index is 1.60. The second-order valence-electron chi connectivity index (χ2n) is 6.59. The lowest BCUT2D eigenvalue weighted by atomic mass is 10.0. The summed E-state index contributed by atoms with van der Waals surface area (Å²) in [6.07, 6.45) is 6.64. The molecule has 0 saturated heterocycles. The van der Waals surface area contributed by atoms with E-state index in [2.05, 4.69) is 37.5 Å². The molecule has 8 heteroatoms. The van der Waals surface area contributed by atoms with Gasteiger partial charge in [-0.3, -0.25) is 9.55 Å². The van der Waals surface area contributed by atoms with Crippen LogP contribution in [0.25, 0.3) is 22.5 Å². The molecule has 4 rings (SSSR count). The highest BCUT2D eigenvalue weighted by Crippen LogP contribution is 2.29. The molecule has 0 amide bonds. The van der Waals surface area contributed by atoms with E-state index in [1.165, 1.54) is 0 Å². The highest BCUT2D eigenvalue weighted by Gasteiger charge is 2.12. The van der Waals surface area contributed by atoms with Gasteiger partial charge in [-0.25, -0.2) is 4.79 Å². The van der Waals surface area contributed by atoms with Gasteiger partial charge >= 0.3 is 5.69 Å². The molecule has 0 spiro atoms. The lowest BCUT2D eigenvalue weighted by Crippen LogP contribution is -2.20. The fourth-order valence-corrected chi connectivity index (χ4v) is 3.21. The normalized spacial score (nSPS) is 11.0. The molecular weight excluding hydrogens is 354 g/mol. The van der Waals surface area contributed by atoms with Gasteiger partial charge in [0.2, 0.25) is 5.82 Å². The topological polar surface area (TPSA) is 105 Å². The van der Waals surface area contributed by atoms with E-state index in [0.29, 0.717) is 12.4 Å². The van der Waals surface area contributed by atoms with Crippen LogP contribution in [-0.2, 0) is 13.0 Å². The summed E-state index contributed by atoms with van der Waals surface area (Å²) in [5.41, 5.74) is 4.57. The number of imidazole rings is 1. The van der Waals surface area contributed by atoms with Crippen LogP contribution in [0.1, 0.15) is 31.2 Å². The van der Waals surface area contributed by atoms with Crippen LogP contribution in [0.2, 0.25) is 0 Å². The number of nitrogens with zero attached hydrogens (tertiary/aromatic N) is 5. The van der Waals surface area contributed by atoms with E-state index in [1.54, 1.807) is 10.8 Å². The first-order chi connectivity index (χ1) is 13.8. The Kier molecular flexibility index (Phi) is 5.09. The van der Waals surface area contributed by atoms with Crippen LogP contribution >= 0.6 is 0 Å². The zero-order valence-electron chi connectivity index (χ0n) is 15.6. The largest absolute Gasteiger partial charge is 0.326 e. The number of tetrazole rings is 1. The second kappa shape index (κ2) is 7.99. The van der Waals surface area contributed by atoms with Crippen molar-refractivity contribution in [3.63, 3.8) is 0 Å². The molecule has 0 aliphatic heterocycles. The molecule has 0 bridgehead atoms. The first kappa shape index (κ1) is 17.8. The van der Waals surface area contributed by atoms with Crippen LogP contribution in [0, 0.1) is 0 Å². The number of hydrogen-bond acceptors (Lipinski definition) is 5. The van der Waals surface area contributed by atoms with Crippen LogP contribution in [0.4, 0.5) is 0 Å². The number of rotatable bonds is 7. The molecule has 3 heterocycles. The van der Waals surface area contributed by atoms with Crippen molar-refractivity contribution in [1.29, 1.82) is 0 Å². The molecule has 0 unspecified atom stereocenters. The summed E-state index contributed by atoms with van der Waals surface area (Å²) in [6.45, 7) is 2.59. The van der Waals surface area contributed by atoms with Gasteiger partial charge in [0, 0.05) is 29.2 Å². The smallest absolute Gasteiger partial charge is 0.312 e. The minimum atomic E-state index is -0.0977. The van der Waals surface area contributed by atoms with Gasteiger partial charge in [0.1, 0.15) is 0 Å². The van der Waals surface area contributed by atoms with Gasteiger partial charge in [-0.15, -0.1) is 10.2 Å². The van der Waals surface area contributed by atoms with Crippen molar-refractivity contribution >= 4 is 0 Å². The summed E-state index contributed by atoms with van der Waals surface area (Å²) in [5, 5.41) is 14.3. The summed E-state index contributed by atoms with van der Waals surface area (Å²) < 4.78 is 1.75. The molecule has 1 aromatic carbocycles. The fourth-order valence-electron chi connectivity index (χ4n) is 3.21. The predicted octanol–water partition coefficient (Wildman–Crippen LogP) is 2.81. The van der Waals surface area contributed by atoms with Gasteiger partial charge in [-0.05, 0) is 29.7 Å². The Morgan fingerprint density at radius 1 is 1.11 bits per heavy atom. The molecule has 0 fully saturated rings. The highest BCUT2D eigenvalue weighted by atomic mass is 16.1. The maximum Gasteiger partial charge on any atom is 0.326 e. The number of unbranched alkanes of at least 4 members (excludes halogenated alkanes) is 1. The number of aromatic nitrogens is 7. The van der Waals surface area contributed by atoms with Crippen LogP contribution in [-0.4, -0.2) is 35.2 Å². The fraction of sp³-hybridized carbons (Fsp3) is 0.250. The van der Waals surface area contributed by atoms with Gasteiger partial charge in [0.05, 0.1) is 12.2 Å². The van der Waals surface area contributed by atoms with E-state index in [0.717, 1.165) is 47.3 Å². The Hall–Kier alpha value is -3.55. The quantitative estimate of drug-likeness (QED) is 0.517. The zero-order valence-corrected chi connectivity index (χ0v) is 15.6. The SMILES string of the molecule is CCCCc1c[nH]c(=O)n1Cc1ccc(-c2ccccc2-c2nn[nH]n2)cn1. The lowest BCUT2D eigenvalue weighted by molar-refractivity contribution is 0.669. The Morgan fingerprint density at radius 2 is 1.96 bits per heavy atom. The number of aromatic amines is 2. The van der Waals surface area contributed by atoms with Gasteiger partial charge in [0.25, 0.3) is 0 Å². The van der Waals surface area contributed by atoms with Crippen molar-refractivity contribution in [1.82, 2.24) is 35.2 Å². The van der Waals surface area contributed by atoms with Crippen LogP contribution in [0.5, 0.6) is 0 Å². The van der Waals surface area contributed by atoms with E-state index >= 15 is 0 Å².